The van der Waals surface area contributed by atoms with Crippen LogP contribution in [0.25, 0.3) is 0 Å². The number of ether oxygens (including phenoxy) is 4. The minimum Gasteiger partial charge on any atom is -0.486 e. The normalized spacial score (nSPS) is 22.9. The molecule has 132 valence electrons. The first kappa shape index (κ1) is 17.3. The molecule has 1 aromatic rings. The standard InChI is InChI=1S/C17H22ClNO5/c1-2-22-16-10-21-4-3-13(16)19-17(20)8-11-7-14-15(9-12(11)18)24-6-5-23-14/h7,9,13,16H,2-6,8,10H2,1H3,(H,19,20)/t13-,16-/m1/s1. The lowest BCUT2D eigenvalue weighted by Gasteiger charge is -2.31. The second-order valence-electron chi connectivity index (χ2n) is 5.80. The summed E-state index contributed by atoms with van der Waals surface area (Å²) in [6.45, 7) is 4.66. The van der Waals surface area contributed by atoms with Gasteiger partial charge < -0.3 is 24.3 Å². The van der Waals surface area contributed by atoms with Crippen LogP contribution in [0.1, 0.15) is 18.9 Å². The molecule has 0 unspecified atom stereocenters. The fourth-order valence-corrected chi connectivity index (χ4v) is 3.15. The van der Waals surface area contributed by atoms with Gasteiger partial charge in [0.1, 0.15) is 19.3 Å². The molecule has 1 saturated heterocycles. The average Bonchev–Trinajstić information content (AvgIpc) is 2.57. The van der Waals surface area contributed by atoms with Crippen LogP contribution in [0.15, 0.2) is 12.1 Å². The molecule has 2 aliphatic rings. The van der Waals surface area contributed by atoms with E-state index in [1.54, 1.807) is 12.1 Å². The van der Waals surface area contributed by atoms with Crippen molar-refractivity contribution in [1.82, 2.24) is 5.32 Å². The molecule has 2 aliphatic heterocycles. The maximum absolute atomic E-state index is 12.4. The van der Waals surface area contributed by atoms with Gasteiger partial charge in [0.15, 0.2) is 11.5 Å². The van der Waals surface area contributed by atoms with Gasteiger partial charge in [-0.25, -0.2) is 0 Å². The summed E-state index contributed by atoms with van der Waals surface area (Å²) < 4.78 is 22.1. The monoisotopic (exact) mass is 355 g/mol. The van der Waals surface area contributed by atoms with Crippen LogP contribution >= 0.6 is 11.6 Å². The zero-order valence-electron chi connectivity index (χ0n) is 13.7. The second kappa shape index (κ2) is 8.05. The van der Waals surface area contributed by atoms with E-state index in [1.165, 1.54) is 0 Å². The van der Waals surface area contributed by atoms with E-state index >= 15 is 0 Å². The highest BCUT2D eigenvalue weighted by Gasteiger charge is 2.28. The van der Waals surface area contributed by atoms with Crippen LogP contribution in [0.4, 0.5) is 0 Å². The highest BCUT2D eigenvalue weighted by Crippen LogP contribution is 2.35. The Morgan fingerprint density at radius 2 is 2.04 bits per heavy atom. The minimum absolute atomic E-state index is 0.0396. The van der Waals surface area contributed by atoms with Gasteiger partial charge in [-0.1, -0.05) is 11.6 Å². The summed E-state index contributed by atoms with van der Waals surface area (Å²) in [5.41, 5.74) is 0.721. The summed E-state index contributed by atoms with van der Waals surface area (Å²) in [5, 5.41) is 3.54. The smallest absolute Gasteiger partial charge is 0.224 e. The van der Waals surface area contributed by atoms with Crippen molar-refractivity contribution in [3.63, 3.8) is 0 Å². The topological polar surface area (TPSA) is 66.0 Å². The molecule has 1 aromatic carbocycles. The summed E-state index contributed by atoms with van der Waals surface area (Å²) in [5.74, 6) is 1.16. The molecule has 2 heterocycles. The Morgan fingerprint density at radius 1 is 1.29 bits per heavy atom. The number of hydrogen-bond donors (Lipinski definition) is 1. The second-order valence-corrected chi connectivity index (χ2v) is 6.20. The van der Waals surface area contributed by atoms with Crippen LogP contribution in [0.2, 0.25) is 5.02 Å². The molecule has 24 heavy (non-hydrogen) atoms. The largest absolute Gasteiger partial charge is 0.486 e. The van der Waals surface area contributed by atoms with Crippen molar-refractivity contribution in [3.8, 4) is 11.5 Å². The maximum Gasteiger partial charge on any atom is 0.224 e. The number of carbonyl (C=O) groups is 1. The van der Waals surface area contributed by atoms with Crippen molar-refractivity contribution >= 4 is 17.5 Å². The third-order valence-electron chi connectivity index (χ3n) is 4.09. The molecule has 0 aromatic heterocycles. The van der Waals surface area contributed by atoms with E-state index in [0.29, 0.717) is 49.6 Å². The third-order valence-corrected chi connectivity index (χ3v) is 4.45. The fraction of sp³-hybridized carbons (Fsp3) is 0.588. The quantitative estimate of drug-likeness (QED) is 0.874. The number of benzene rings is 1. The summed E-state index contributed by atoms with van der Waals surface area (Å²) in [7, 11) is 0. The van der Waals surface area contributed by atoms with Crippen molar-refractivity contribution < 1.29 is 23.7 Å². The first-order valence-corrected chi connectivity index (χ1v) is 8.62. The highest BCUT2D eigenvalue weighted by atomic mass is 35.5. The fourth-order valence-electron chi connectivity index (χ4n) is 2.93. The molecule has 2 atom stereocenters. The Balaban J connectivity index is 1.64. The molecule has 0 bridgehead atoms. The van der Waals surface area contributed by atoms with E-state index in [0.717, 1.165) is 12.0 Å². The number of rotatable bonds is 5. The minimum atomic E-state index is -0.108. The van der Waals surface area contributed by atoms with Gasteiger partial charge in [0.2, 0.25) is 5.91 Å². The zero-order chi connectivity index (χ0) is 16.9. The van der Waals surface area contributed by atoms with Crippen LogP contribution in [0, 0.1) is 0 Å². The van der Waals surface area contributed by atoms with Gasteiger partial charge in [0.05, 0.1) is 19.1 Å². The van der Waals surface area contributed by atoms with Gasteiger partial charge in [-0.05, 0) is 25.0 Å². The van der Waals surface area contributed by atoms with Gasteiger partial charge in [0.25, 0.3) is 0 Å². The molecular formula is C17H22ClNO5. The first-order valence-electron chi connectivity index (χ1n) is 8.24. The summed E-state index contributed by atoms with van der Waals surface area (Å²) >= 11 is 6.27. The van der Waals surface area contributed by atoms with Crippen molar-refractivity contribution in [2.24, 2.45) is 0 Å². The molecule has 1 amide bonds. The Morgan fingerprint density at radius 3 is 2.79 bits per heavy atom. The number of hydrogen-bond acceptors (Lipinski definition) is 5. The van der Waals surface area contributed by atoms with Crippen LogP contribution in [0.5, 0.6) is 11.5 Å². The molecule has 7 heteroatoms. The van der Waals surface area contributed by atoms with Crippen LogP contribution < -0.4 is 14.8 Å². The Hall–Kier alpha value is -1.50. The number of carbonyl (C=O) groups excluding carboxylic acids is 1. The van der Waals surface area contributed by atoms with Crippen LogP contribution in [-0.4, -0.2) is 51.1 Å². The number of halogens is 1. The summed E-state index contributed by atoms with van der Waals surface area (Å²) in [6, 6.07) is 3.44. The van der Waals surface area contributed by atoms with Gasteiger partial charge in [-0.3, -0.25) is 4.79 Å². The lowest BCUT2D eigenvalue weighted by Crippen LogP contribution is -2.50. The highest BCUT2D eigenvalue weighted by molar-refractivity contribution is 6.31. The first-order chi connectivity index (χ1) is 11.7. The molecule has 0 aliphatic carbocycles. The SMILES string of the molecule is CCO[C@@H]1COCC[C@H]1NC(=O)Cc1cc2c(cc1Cl)OCCO2. The lowest BCUT2D eigenvalue weighted by atomic mass is 10.0. The predicted octanol–water partition coefficient (Wildman–Crippen LogP) is 1.96. The molecule has 0 saturated carbocycles. The Bertz CT molecular complexity index is 593. The van der Waals surface area contributed by atoms with Gasteiger partial charge in [-0.15, -0.1) is 0 Å². The lowest BCUT2D eigenvalue weighted by molar-refractivity contribution is -0.125. The van der Waals surface area contributed by atoms with Crippen LogP contribution in [-0.2, 0) is 20.7 Å². The molecular weight excluding hydrogens is 334 g/mol. The third kappa shape index (κ3) is 4.12. The maximum atomic E-state index is 12.4. The average molecular weight is 356 g/mol. The van der Waals surface area contributed by atoms with E-state index in [1.807, 2.05) is 6.92 Å². The van der Waals surface area contributed by atoms with Crippen molar-refractivity contribution in [3.05, 3.63) is 22.7 Å². The summed E-state index contributed by atoms with van der Waals surface area (Å²) in [4.78, 5) is 12.4. The Kier molecular flexibility index (Phi) is 5.81. The van der Waals surface area contributed by atoms with E-state index < -0.39 is 0 Å². The number of nitrogens with one attached hydrogen (secondary N) is 1. The van der Waals surface area contributed by atoms with Crippen LogP contribution in [0.3, 0.4) is 0 Å². The molecule has 1 fully saturated rings. The van der Waals surface area contributed by atoms with Crippen molar-refractivity contribution in [2.75, 3.05) is 33.0 Å². The predicted molar refractivity (Wildman–Crippen MR) is 88.9 cm³/mol. The van der Waals surface area contributed by atoms with E-state index in [2.05, 4.69) is 5.32 Å². The molecule has 3 rings (SSSR count). The number of fused-ring (bicyclic) bond motifs is 1. The van der Waals surface area contributed by atoms with Gasteiger partial charge in [0, 0.05) is 24.3 Å². The molecule has 0 radical (unpaired) electrons. The van der Waals surface area contributed by atoms with Crippen molar-refractivity contribution in [1.29, 1.82) is 0 Å². The summed E-state index contributed by atoms with van der Waals surface area (Å²) in [6.07, 6.45) is 0.820. The molecule has 6 nitrogen and oxygen atoms in total. The Labute approximate surface area is 146 Å². The number of amides is 1. The van der Waals surface area contributed by atoms with Crippen molar-refractivity contribution in [2.45, 2.75) is 31.9 Å². The van der Waals surface area contributed by atoms with E-state index in [4.69, 9.17) is 30.5 Å². The van der Waals surface area contributed by atoms with E-state index in [-0.39, 0.29) is 24.5 Å². The zero-order valence-corrected chi connectivity index (χ0v) is 14.4. The molecule has 1 N–H and O–H groups in total. The van der Waals surface area contributed by atoms with Gasteiger partial charge in [-0.2, -0.15) is 0 Å². The van der Waals surface area contributed by atoms with Gasteiger partial charge >= 0.3 is 0 Å². The van der Waals surface area contributed by atoms with E-state index in [9.17, 15) is 4.79 Å². The molecule has 0 spiro atoms.